The van der Waals surface area contributed by atoms with E-state index in [-0.39, 0.29) is 5.41 Å². The van der Waals surface area contributed by atoms with Gasteiger partial charge in [-0.2, -0.15) is 0 Å². The first-order chi connectivity index (χ1) is 28.5. The highest BCUT2D eigenvalue weighted by molar-refractivity contribution is 6.24. The van der Waals surface area contributed by atoms with Gasteiger partial charge in [-0.1, -0.05) is 153 Å². The molecule has 0 saturated heterocycles. The van der Waals surface area contributed by atoms with Gasteiger partial charge < -0.3 is 13.7 Å². The lowest BCUT2D eigenvalue weighted by atomic mass is 9.82. The predicted molar refractivity (Wildman–Crippen MR) is 242 cm³/mol. The Bertz CT molecular complexity index is 3430. The fourth-order valence-corrected chi connectivity index (χ4v) is 9.79. The lowest BCUT2D eigenvalue weighted by Crippen LogP contribution is -2.16. The van der Waals surface area contributed by atoms with Crippen LogP contribution in [0.3, 0.4) is 0 Å². The number of hydrogen-bond donors (Lipinski definition) is 0. The number of nitrogens with zero attached hydrogens (tertiary/aromatic N) is 1. The van der Waals surface area contributed by atoms with Crippen molar-refractivity contribution >= 4 is 71.7 Å². The first kappa shape index (κ1) is 32.8. The molecule has 9 aromatic carbocycles. The van der Waals surface area contributed by atoms with Crippen molar-refractivity contribution in [2.45, 2.75) is 19.3 Å². The van der Waals surface area contributed by atoms with Crippen LogP contribution in [0.4, 0.5) is 17.1 Å². The zero-order valence-corrected chi connectivity index (χ0v) is 32.2. The molecule has 274 valence electrons. The standard InChI is InChI=1S/C55H37NO2/c1-55(2)46-26-12-11-21-39(46)40-31-30-36(32-47(40)55)56(35-18-7-4-8-19-35)48-27-15-29-50-52(48)45-33-44(38-20-9-10-22-41(38)54(45)58-50)42-24-13-25-43-51-37(34-16-5-3-6-17-34)23-14-28-49(51)57-53(42)43/h3-33H,1-2H3. The van der Waals surface area contributed by atoms with Gasteiger partial charge in [-0.25, -0.2) is 0 Å². The van der Waals surface area contributed by atoms with Crippen molar-refractivity contribution in [2.24, 2.45) is 0 Å². The summed E-state index contributed by atoms with van der Waals surface area (Å²) in [5.74, 6) is 0. The Morgan fingerprint density at radius 2 is 1.00 bits per heavy atom. The summed E-state index contributed by atoms with van der Waals surface area (Å²) >= 11 is 0. The molecule has 12 rings (SSSR count). The van der Waals surface area contributed by atoms with Gasteiger partial charge in [0.25, 0.3) is 0 Å². The number of furan rings is 2. The molecule has 0 atom stereocenters. The lowest BCUT2D eigenvalue weighted by molar-refractivity contribution is 0.660. The van der Waals surface area contributed by atoms with Crippen LogP contribution < -0.4 is 4.90 Å². The molecule has 0 saturated carbocycles. The minimum absolute atomic E-state index is 0.133. The summed E-state index contributed by atoms with van der Waals surface area (Å²) in [4.78, 5) is 2.40. The van der Waals surface area contributed by atoms with E-state index in [1.54, 1.807) is 0 Å². The van der Waals surface area contributed by atoms with Crippen molar-refractivity contribution in [2.75, 3.05) is 4.90 Å². The number of rotatable bonds is 5. The van der Waals surface area contributed by atoms with Crippen molar-refractivity contribution in [1.29, 1.82) is 0 Å². The molecule has 0 bridgehead atoms. The monoisotopic (exact) mass is 743 g/mol. The summed E-state index contributed by atoms with van der Waals surface area (Å²) in [5, 5.41) is 6.55. The maximum absolute atomic E-state index is 6.92. The van der Waals surface area contributed by atoms with Gasteiger partial charge in [0.15, 0.2) is 0 Å². The molecule has 1 aliphatic carbocycles. The maximum atomic E-state index is 6.92. The van der Waals surface area contributed by atoms with Crippen molar-refractivity contribution in [1.82, 2.24) is 0 Å². The third-order valence-electron chi connectivity index (χ3n) is 12.5. The summed E-state index contributed by atoms with van der Waals surface area (Å²) in [6.07, 6.45) is 0. The molecule has 1 aliphatic rings. The van der Waals surface area contributed by atoms with Crippen LogP contribution in [-0.4, -0.2) is 0 Å². The SMILES string of the molecule is CC1(C)c2ccccc2-c2ccc(N(c3ccccc3)c3cccc4oc5c6ccccc6c(-c6cccc7c6oc6cccc(-c8ccccc8)c67)cc5c34)cc21. The quantitative estimate of drug-likeness (QED) is 0.176. The van der Waals surface area contributed by atoms with Crippen molar-refractivity contribution in [3.63, 3.8) is 0 Å². The third-order valence-corrected chi connectivity index (χ3v) is 12.5. The predicted octanol–water partition coefficient (Wildman–Crippen LogP) is 15.7. The summed E-state index contributed by atoms with van der Waals surface area (Å²) < 4.78 is 13.8. The Kier molecular flexibility index (Phi) is 6.98. The summed E-state index contributed by atoms with van der Waals surface area (Å²) in [7, 11) is 0. The first-order valence-electron chi connectivity index (χ1n) is 20.0. The molecule has 2 heterocycles. The highest BCUT2D eigenvalue weighted by Crippen LogP contribution is 2.52. The van der Waals surface area contributed by atoms with E-state index >= 15 is 0 Å². The van der Waals surface area contributed by atoms with Crippen molar-refractivity contribution in [3.05, 3.63) is 199 Å². The van der Waals surface area contributed by atoms with Gasteiger partial charge in [0.05, 0.1) is 11.1 Å². The van der Waals surface area contributed by atoms with Crippen LogP contribution in [0.5, 0.6) is 0 Å². The zero-order chi connectivity index (χ0) is 38.5. The number of para-hydroxylation sites is 2. The average molecular weight is 744 g/mol. The average Bonchev–Trinajstić information content (AvgIpc) is 3.92. The second-order valence-corrected chi connectivity index (χ2v) is 16.0. The van der Waals surface area contributed by atoms with E-state index in [2.05, 4.69) is 207 Å². The molecule has 0 spiro atoms. The molecule has 0 N–H and O–H groups in total. The Hall–Kier alpha value is -7.36. The molecule has 0 radical (unpaired) electrons. The van der Waals surface area contributed by atoms with E-state index in [4.69, 9.17) is 8.83 Å². The molecular formula is C55H37NO2. The smallest absolute Gasteiger partial charge is 0.143 e. The number of hydrogen-bond acceptors (Lipinski definition) is 3. The Morgan fingerprint density at radius 3 is 1.84 bits per heavy atom. The number of anilines is 3. The molecule has 0 aliphatic heterocycles. The highest BCUT2D eigenvalue weighted by Gasteiger charge is 2.36. The molecule has 58 heavy (non-hydrogen) atoms. The van der Waals surface area contributed by atoms with Crippen molar-refractivity contribution < 1.29 is 8.83 Å². The fraction of sp³-hybridized carbons (Fsp3) is 0.0545. The summed E-state index contributed by atoms with van der Waals surface area (Å²) in [5.41, 5.74) is 16.4. The van der Waals surface area contributed by atoms with Crippen molar-refractivity contribution in [3.8, 4) is 33.4 Å². The number of benzene rings is 9. The molecule has 3 heteroatoms. The van der Waals surface area contributed by atoms with Crippen LogP contribution >= 0.6 is 0 Å². The van der Waals surface area contributed by atoms with E-state index in [1.165, 1.54) is 33.4 Å². The zero-order valence-electron chi connectivity index (χ0n) is 32.2. The second kappa shape index (κ2) is 12.3. The first-order valence-corrected chi connectivity index (χ1v) is 20.0. The fourth-order valence-electron chi connectivity index (χ4n) is 9.79. The van der Waals surface area contributed by atoms with Gasteiger partial charge in [-0.15, -0.1) is 0 Å². The molecule has 0 amide bonds. The van der Waals surface area contributed by atoms with Crippen LogP contribution in [0.1, 0.15) is 25.0 Å². The van der Waals surface area contributed by atoms with Gasteiger partial charge in [0.1, 0.15) is 22.3 Å². The minimum Gasteiger partial charge on any atom is -0.455 e. The van der Waals surface area contributed by atoms with Gasteiger partial charge >= 0.3 is 0 Å². The van der Waals surface area contributed by atoms with Gasteiger partial charge in [0.2, 0.25) is 0 Å². The minimum atomic E-state index is -0.133. The van der Waals surface area contributed by atoms with E-state index in [9.17, 15) is 0 Å². The molecule has 11 aromatic rings. The van der Waals surface area contributed by atoms with Gasteiger partial charge in [-0.05, 0) is 92.9 Å². The largest absolute Gasteiger partial charge is 0.455 e. The van der Waals surface area contributed by atoms with Crippen LogP contribution in [0.15, 0.2) is 197 Å². The van der Waals surface area contributed by atoms with E-state index in [1.807, 2.05) is 0 Å². The Morgan fingerprint density at radius 1 is 0.379 bits per heavy atom. The van der Waals surface area contributed by atoms with E-state index in [0.29, 0.717) is 0 Å². The Labute approximate surface area is 336 Å². The number of fused-ring (bicyclic) bond motifs is 11. The molecule has 0 fully saturated rings. The van der Waals surface area contributed by atoms with E-state index in [0.717, 1.165) is 82.8 Å². The van der Waals surface area contributed by atoms with Crippen LogP contribution in [0, 0.1) is 0 Å². The molecular weight excluding hydrogens is 707 g/mol. The second-order valence-electron chi connectivity index (χ2n) is 16.0. The van der Waals surface area contributed by atoms with Gasteiger partial charge in [-0.3, -0.25) is 0 Å². The van der Waals surface area contributed by atoms with Crippen LogP contribution in [0.25, 0.3) is 88.0 Å². The Balaban J connectivity index is 1.12. The summed E-state index contributed by atoms with van der Waals surface area (Å²) in [6, 6.07) is 67.4. The lowest BCUT2D eigenvalue weighted by Gasteiger charge is -2.28. The topological polar surface area (TPSA) is 29.5 Å². The van der Waals surface area contributed by atoms with Gasteiger partial charge in [0, 0.05) is 43.9 Å². The third kappa shape index (κ3) is 4.68. The maximum Gasteiger partial charge on any atom is 0.143 e. The van der Waals surface area contributed by atoms with Crippen LogP contribution in [-0.2, 0) is 5.41 Å². The normalized spacial score (nSPS) is 13.1. The summed E-state index contributed by atoms with van der Waals surface area (Å²) in [6.45, 7) is 4.69. The van der Waals surface area contributed by atoms with E-state index < -0.39 is 0 Å². The van der Waals surface area contributed by atoms with Crippen LogP contribution in [0.2, 0.25) is 0 Å². The highest BCUT2D eigenvalue weighted by atomic mass is 16.3. The molecule has 2 aromatic heterocycles. The molecule has 3 nitrogen and oxygen atoms in total. The molecule has 0 unspecified atom stereocenters.